The van der Waals surface area contributed by atoms with Crippen LogP contribution in [-0.4, -0.2) is 18.1 Å². The lowest BCUT2D eigenvalue weighted by molar-refractivity contribution is 0.0601. The van der Waals surface area contributed by atoms with Gasteiger partial charge in [0.1, 0.15) is 0 Å². The molecule has 0 unspecified atom stereocenters. The summed E-state index contributed by atoms with van der Waals surface area (Å²) in [6.45, 7) is 1.98. The van der Waals surface area contributed by atoms with E-state index < -0.39 is 5.97 Å². The van der Waals surface area contributed by atoms with Gasteiger partial charge in [-0.3, -0.25) is 0 Å². The van der Waals surface area contributed by atoms with E-state index in [9.17, 15) is 4.79 Å². The van der Waals surface area contributed by atoms with Crippen LogP contribution in [0.1, 0.15) is 15.9 Å². The number of carbonyl (C=O) groups excluding carboxylic acids is 1. The Morgan fingerprint density at radius 2 is 2.20 bits per heavy atom. The first-order valence-corrected chi connectivity index (χ1v) is 4.87. The van der Waals surface area contributed by atoms with Crippen LogP contribution in [0, 0.1) is 6.92 Å². The molecule has 0 amide bonds. The Balaban J connectivity index is 2.71. The van der Waals surface area contributed by atoms with E-state index in [1.165, 1.54) is 7.11 Å². The SMILES string of the molecule is COC(=O)c1ccc2c(C)c[nH]c2c1Cl. The fourth-order valence-electron chi connectivity index (χ4n) is 1.57. The predicted molar refractivity (Wildman–Crippen MR) is 59.4 cm³/mol. The van der Waals surface area contributed by atoms with Crippen LogP contribution < -0.4 is 0 Å². The molecule has 0 bridgehead atoms. The minimum absolute atomic E-state index is 0.383. The Morgan fingerprint density at radius 3 is 2.87 bits per heavy atom. The van der Waals surface area contributed by atoms with Gasteiger partial charge in [0.25, 0.3) is 0 Å². The minimum atomic E-state index is -0.422. The molecule has 0 aliphatic heterocycles. The zero-order chi connectivity index (χ0) is 11.0. The van der Waals surface area contributed by atoms with Crippen molar-refractivity contribution in [3.63, 3.8) is 0 Å². The first kappa shape index (κ1) is 10.1. The molecular weight excluding hydrogens is 214 g/mol. The summed E-state index contributed by atoms with van der Waals surface area (Å²) in [5.41, 5.74) is 2.26. The summed E-state index contributed by atoms with van der Waals surface area (Å²) >= 11 is 6.10. The third-order valence-corrected chi connectivity index (χ3v) is 2.80. The summed E-state index contributed by atoms with van der Waals surface area (Å²) in [6, 6.07) is 3.54. The Bertz CT molecular complexity index is 531. The number of ether oxygens (including phenoxy) is 1. The lowest BCUT2D eigenvalue weighted by atomic mass is 10.1. The standard InChI is InChI=1S/C11H10ClNO2/c1-6-5-13-10-7(6)3-4-8(9(10)12)11(14)15-2/h3-5,13H,1-2H3. The van der Waals surface area contributed by atoms with Gasteiger partial charge in [0.2, 0.25) is 0 Å². The number of nitrogens with one attached hydrogen (secondary N) is 1. The summed E-state index contributed by atoms with van der Waals surface area (Å²) in [7, 11) is 1.34. The van der Waals surface area contributed by atoms with Crippen molar-refractivity contribution in [3.8, 4) is 0 Å². The van der Waals surface area contributed by atoms with Crippen LogP contribution in [0.2, 0.25) is 5.02 Å². The van der Waals surface area contributed by atoms with E-state index in [1.807, 2.05) is 19.2 Å². The Labute approximate surface area is 92.0 Å². The van der Waals surface area contributed by atoms with Gasteiger partial charge < -0.3 is 9.72 Å². The average molecular weight is 224 g/mol. The molecule has 0 radical (unpaired) electrons. The molecule has 1 aromatic heterocycles. The predicted octanol–water partition coefficient (Wildman–Crippen LogP) is 2.92. The summed E-state index contributed by atoms with van der Waals surface area (Å²) in [6.07, 6.45) is 1.86. The van der Waals surface area contributed by atoms with Gasteiger partial charge in [-0.1, -0.05) is 17.7 Å². The van der Waals surface area contributed by atoms with E-state index in [4.69, 9.17) is 11.6 Å². The molecular formula is C11H10ClNO2. The molecule has 1 aromatic carbocycles. The molecule has 0 spiro atoms. The van der Waals surface area contributed by atoms with Crippen molar-refractivity contribution >= 4 is 28.5 Å². The van der Waals surface area contributed by atoms with Gasteiger partial charge in [-0.2, -0.15) is 0 Å². The van der Waals surface area contributed by atoms with Crippen molar-refractivity contribution in [2.24, 2.45) is 0 Å². The molecule has 0 aliphatic rings. The number of carbonyl (C=O) groups is 1. The number of esters is 1. The molecule has 2 rings (SSSR count). The molecule has 1 N–H and O–H groups in total. The third-order valence-electron chi connectivity index (χ3n) is 2.41. The number of hydrogen-bond acceptors (Lipinski definition) is 2. The van der Waals surface area contributed by atoms with Crippen molar-refractivity contribution < 1.29 is 9.53 Å². The molecule has 0 saturated heterocycles. The smallest absolute Gasteiger partial charge is 0.339 e. The van der Waals surface area contributed by atoms with E-state index in [1.54, 1.807) is 6.07 Å². The number of H-pyrrole nitrogens is 1. The minimum Gasteiger partial charge on any atom is -0.465 e. The summed E-state index contributed by atoms with van der Waals surface area (Å²) in [5.74, 6) is -0.422. The zero-order valence-electron chi connectivity index (χ0n) is 8.43. The van der Waals surface area contributed by atoms with Crippen LogP contribution in [0.25, 0.3) is 10.9 Å². The molecule has 0 saturated carbocycles. The number of aromatic amines is 1. The van der Waals surface area contributed by atoms with Crippen molar-refractivity contribution in [1.82, 2.24) is 4.98 Å². The molecule has 2 aromatic rings. The van der Waals surface area contributed by atoms with E-state index >= 15 is 0 Å². The molecule has 0 aliphatic carbocycles. The number of benzene rings is 1. The van der Waals surface area contributed by atoms with Gasteiger partial charge in [-0.15, -0.1) is 0 Å². The second-order valence-corrected chi connectivity index (χ2v) is 3.69. The van der Waals surface area contributed by atoms with Crippen LogP contribution in [0.5, 0.6) is 0 Å². The number of halogens is 1. The van der Waals surface area contributed by atoms with Crippen molar-refractivity contribution in [3.05, 3.63) is 34.5 Å². The second kappa shape index (κ2) is 3.59. The zero-order valence-corrected chi connectivity index (χ0v) is 9.18. The van der Waals surface area contributed by atoms with Crippen molar-refractivity contribution in [2.45, 2.75) is 6.92 Å². The highest BCUT2D eigenvalue weighted by Gasteiger charge is 2.14. The number of hydrogen-bond donors (Lipinski definition) is 1. The summed E-state index contributed by atoms with van der Waals surface area (Å²) < 4.78 is 4.64. The maximum Gasteiger partial charge on any atom is 0.339 e. The van der Waals surface area contributed by atoms with Crippen molar-refractivity contribution in [2.75, 3.05) is 7.11 Å². The first-order valence-electron chi connectivity index (χ1n) is 4.49. The highest BCUT2D eigenvalue weighted by molar-refractivity contribution is 6.38. The molecule has 3 nitrogen and oxygen atoms in total. The van der Waals surface area contributed by atoms with Crippen LogP contribution in [0.15, 0.2) is 18.3 Å². The molecule has 4 heteroatoms. The maximum atomic E-state index is 11.4. The molecule has 78 valence electrons. The quantitative estimate of drug-likeness (QED) is 0.756. The van der Waals surface area contributed by atoms with E-state index in [2.05, 4.69) is 9.72 Å². The molecule has 0 atom stereocenters. The maximum absolute atomic E-state index is 11.4. The highest BCUT2D eigenvalue weighted by atomic mass is 35.5. The Hall–Kier alpha value is -1.48. The van der Waals surface area contributed by atoms with Gasteiger partial charge in [-0.25, -0.2) is 4.79 Å². The number of aryl methyl sites for hydroxylation is 1. The van der Waals surface area contributed by atoms with Crippen LogP contribution in [-0.2, 0) is 4.74 Å². The number of aromatic nitrogens is 1. The Kier molecular flexibility index (Phi) is 2.40. The lowest BCUT2D eigenvalue weighted by Gasteiger charge is -2.03. The highest BCUT2D eigenvalue weighted by Crippen LogP contribution is 2.28. The van der Waals surface area contributed by atoms with E-state index in [0.717, 1.165) is 16.5 Å². The van der Waals surface area contributed by atoms with Crippen LogP contribution in [0.4, 0.5) is 0 Å². The summed E-state index contributed by atoms with van der Waals surface area (Å²) in [4.78, 5) is 14.4. The number of methoxy groups -OCH3 is 1. The van der Waals surface area contributed by atoms with E-state index in [-0.39, 0.29) is 0 Å². The fourth-order valence-corrected chi connectivity index (χ4v) is 1.87. The van der Waals surface area contributed by atoms with Crippen LogP contribution >= 0.6 is 11.6 Å². The molecule has 15 heavy (non-hydrogen) atoms. The van der Waals surface area contributed by atoms with Gasteiger partial charge >= 0.3 is 5.97 Å². The first-order chi connectivity index (χ1) is 7.15. The van der Waals surface area contributed by atoms with Gasteiger partial charge in [-0.05, 0) is 18.6 Å². The topological polar surface area (TPSA) is 42.1 Å². The second-order valence-electron chi connectivity index (χ2n) is 3.31. The molecule has 1 heterocycles. The van der Waals surface area contributed by atoms with Gasteiger partial charge in [0, 0.05) is 11.6 Å². The van der Waals surface area contributed by atoms with Gasteiger partial charge in [0.05, 0.1) is 23.2 Å². The van der Waals surface area contributed by atoms with Crippen LogP contribution in [0.3, 0.4) is 0 Å². The van der Waals surface area contributed by atoms with E-state index in [0.29, 0.717) is 10.6 Å². The normalized spacial score (nSPS) is 10.6. The third kappa shape index (κ3) is 1.49. The summed E-state index contributed by atoms with van der Waals surface area (Å²) in [5, 5.41) is 1.43. The lowest BCUT2D eigenvalue weighted by Crippen LogP contribution is -2.01. The largest absolute Gasteiger partial charge is 0.465 e. The average Bonchev–Trinajstić information content (AvgIpc) is 2.61. The monoisotopic (exact) mass is 223 g/mol. The number of rotatable bonds is 1. The Morgan fingerprint density at radius 1 is 1.47 bits per heavy atom. The van der Waals surface area contributed by atoms with Gasteiger partial charge in [0.15, 0.2) is 0 Å². The fraction of sp³-hybridized carbons (Fsp3) is 0.182. The molecule has 0 fully saturated rings. The number of fused-ring (bicyclic) bond motifs is 1. The van der Waals surface area contributed by atoms with Crippen molar-refractivity contribution in [1.29, 1.82) is 0 Å².